The maximum atomic E-state index is 11.9. The van der Waals surface area contributed by atoms with Gasteiger partial charge in [-0.2, -0.15) is 0 Å². The van der Waals surface area contributed by atoms with Crippen molar-refractivity contribution in [2.45, 2.75) is 26.3 Å². The number of aromatic nitrogens is 1. The molecule has 4 nitrogen and oxygen atoms in total. The van der Waals surface area contributed by atoms with Gasteiger partial charge in [-0.15, -0.1) is 0 Å². The fourth-order valence-corrected chi connectivity index (χ4v) is 1.69. The summed E-state index contributed by atoms with van der Waals surface area (Å²) in [6.45, 7) is 4.01. The van der Waals surface area contributed by atoms with Crippen LogP contribution in [0.1, 0.15) is 30.8 Å². The minimum atomic E-state index is -0.134. The lowest BCUT2D eigenvalue weighted by Crippen LogP contribution is -2.32. The van der Waals surface area contributed by atoms with Gasteiger partial charge in [0, 0.05) is 11.7 Å². The van der Waals surface area contributed by atoms with Crippen molar-refractivity contribution in [2.24, 2.45) is 0 Å². The molecule has 1 aromatic carbocycles. The SMILES string of the molecule is CCC(C)NC(=O)c1ccc(Nc2ccccc2)cn1. The van der Waals surface area contributed by atoms with Gasteiger partial charge in [0.1, 0.15) is 5.69 Å². The molecule has 0 radical (unpaired) electrons. The molecule has 0 aliphatic rings. The Hall–Kier alpha value is -2.36. The molecule has 0 bridgehead atoms. The smallest absolute Gasteiger partial charge is 0.270 e. The van der Waals surface area contributed by atoms with Crippen molar-refractivity contribution in [3.63, 3.8) is 0 Å². The van der Waals surface area contributed by atoms with Crippen molar-refractivity contribution < 1.29 is 4.79 Å². The topological polar surface area (TPSA) is 54.0 Å². The van der Waals surface area contributed by atoms with E-state index in [-0.39, 0.29) is 11.9 Å². The summed E-state index contributed by atoms with van der Waals surface area (Å²) < 4.78 is 0. The molecule has 0 saturated heterocycles. The predicted octanol–water partition coefficient (Wildman–Crippen LogP) is 3.35. The van der Waals surface area contributed by atoms with Gasteiger partial charge in [0.2, 0.25) is 0 Å². The van der Waals surface area contributed by atoms with Crippen molar-refractivity contribution in [2.75, 3.05) is 5.32 Å². The van der Waals surface area contributed by atoms with Crippen LogP contribution in [0.5, 0.6) is 0 Å². The second-order valence-corrected chi connectivity index (χ2v) is 4.71. The van der Waals surface area contributed by atoms with Crippen molar-refractivity contribution in [1.29, 1.82) is 0 Å². The molecule has 2 aromatic rings. The number of nitrogens with zero attached hydrogens (tertiary/aromatic N) is 1. The third kappa shape index (κ3) is 3.82. The van der Waals surface area contributed by atoms with Crippen LogP contribution in [0.15, 0.2) is 48.7 Å². The Kier molecular flexibility index (Phi) is 4.71. The molecule has 0 fully saturated rings. The molecule has 0 aliphatic heterocycles. The fourth-order valence-electron chi connectivity index (χ4n) is 1.69. The van der Waals surface area contributed by atoms with Crippen LogP contribution >= 0.6 is 0 Å². The Bertz CT molecular complexity index is 552. The lowest BCUT2D eigenvalue weighted by atomic mass is 10.2. The Morgan fingerprint density at radius 2 is 1.90 bits per heavy atom. The van der Waals surface area contributed by atoms with Gasteiger partial charge in [-0.3, -0.25) is 4.79 Å². The van der Waals surface area contributed by atoms with Gasteiger partial charge in [-0.1, -0.05) is 25.1 Å². The van der Waals surface area contributed by atoms with Gasteiger partial charge in [0.05, 0.1) is 11.9 Å². The van der Waals surface area contributed by atoms with Crippen LogP contribution in [0.2, 0.25) is 0 Å². The molecule has 0 aliphatic carbocycles. The first-order chi connectivity index (χ1) is 9.69. The van der Waals surface area contributed by atoms with Gasteiger partial charge < -0.3 is 10.6 Å². The largest absolute Gasteiger partial charge is 0.354 e. The average molecular weight is 269 g/mol. The highest BCUT2D eigenvalue weighted by atomic mass is 16.1. The number of benzene rings is 1. The molecular formula is C16H19N3O. The summed E-state index contributed by atoms with van der Waals surface area (Å²) in [6, 6.07) is 13.6. The van der Waals surface area contributed by atoms with Gasteiger partial charge in [-0.25, -0.2) is 4.98 Å². The molecule has 0 saturated carbocycles. The first-order valence-electron chi connectivity index (χ1n) is 6.78. The maximum Gasteiger partial charge on any atom is 0.270 e. The van der Waals surface area contributed by atoms with Gasteiger partial charge >= 0.3 is 0 Å². The number of hydrogen-bond acceptors (Lipinski definition) is 3. The quantitative estimate of drug-likeness (QED) is 0.875. The predicted molar refractivity (Wildman–Crippen MR) is 81.2 cm³/mol. The highest BCUT2D eigenvalue weighted by Gasteiger charge is 2.09. The molecule has 4 heteroatoms. The van der Waals surface area contributed by atoms with E-state index in [4.69, 9.17) is 0 Å². The summed E-state index contributed by atoms with van der Waals surface area (Å²) in [5.41, 5.74) is 2.28. The van der Waals surface area contributed by atoms with Crippen molar-refractivity contribution in [3.8, 4) is 0 Å². The molecule has 20 heavy (non-hydrogen) atoms. The third-order valence-corrected chi connectivity index (χ3v) is 3.05. The van der Waals surface area contributed by atoms with E-state index in [1.54, 1.807) is 12.3 Å². The summed E-state index contributed by atoms with van der Waals surface area (Å²) in [6.07, 6.45) is 2.57. The van der Waals surface area contributed by atoms with E-state index < -0.39 is 0 Å². The van der Waals surface area contributed by atoms with Crippen LogP contribution in [0.4, 0.5) is 11.4 Å². The maximum absolute atomic E-state index is 11.9. The molecule has 1 atom stereocenters. The van der Waals surface area contributed by atoms with Crippen LogP contribution in [0.25, 0.3) is 0 Å². The Morgan fingerprint density at radius 1 is 1.15 bits per heavy atom. The van der Waals surface area contributed by atoms with Gasteiger partial charge in [0.25, 0.3) is 5.91 Å². The van der Waals surface area contributed by atoms with E-state index >= 15 is 0 Å². The lowest BCUT2D eigenvalue weighted by molar-refractivity contribution is 0.0934. The Morgan fingerprint density at radius 3 is 2.50 bits per heavy atom. The number of nitrogens with one attached hydrogen (secondary N) is 2. The standard InChI is InChI=1S/C16H19N3O/c1-3-12(2)18-16(20)15-10-9-14(11-17-15)19-13-7-5-4-6-8-13/h4-12,19H,3H2,1-2H3,(H,18,20). The molecule has 2 rings (SSSR count). The first kappa shape index (κ1) is 14.1. The van der Waals surface area contributed by atoms with Crippen LogP contribution in [-0.4, -0.2) is 16.9 Å². The number of amides is 1. The number of carbonyl (C=O) groups is 1. The summed E-state index contributed by atoms with van der Waals surface area (Å²) >= 11 is 0. The van der Waals surface area contributed by atoms with E-state index in [0.29, 0.717) is 5.69 Å². The summed E-state index contributed by atoms with van der Waals surface area (Å²) in [5.74, 6) is -0.134. The zero-order chi connectivity index (χ0) is 14.4. The molecule has 0 spiro atoms. The van der Waals surface area contributed by atoms with Crippen LogP contribution in [0.3, 0.4) is 0 Å². The third-order valence-electron chi connectivity index (χ3n) is 3.05. The van der Waals surface area contributed by atoms with Crippen molar-refractivity contribution in [3.05, 3.63) is 54.4 Å². The number of rotatable bonds is 5. The van der Waals surface area contributed by atoms with Crippen LogP contribution in [-0.2, 0) is 0 Å². The summed E-state index contributed by atoms with van der Waals surface area (Å²) in [5, 5.41) is 6.12. The second-order valence-electron chi connectivity index (χ2n) is 4.71. The monoisotopic (exact) mass is 269 g/mol. The molecular weight excluding hydrogens is 250 g/mol. The summed E-state index contributed by atoms with van der Waals surface area (Å²) in [7, 11) is 0. The lowest BCUT2D eigenvalue weighted by Gasteiger charge is -2.11. The fraction of sp³-hybridized carbons (Fsp3) is 0.250. The number of pyridine rings is 1. The van der Waals surface area contributed by atoms with E-state index in [9.17, 15) is 4.79 Å². The number of anilines is 2. The molecule has 1 amide bonds. The Labute approximate surface area is 119 Å². The number of carbonyl (C=O) groups excluding carboxylic acids is 1. The molecule has 104 valence electrons. The highest BCUT2D eigenvalue weighted by molar-refractivity contribution is 5.92. The number of para-hydroxylation sites is 1. The Balaban J connectivity index is 2.01. The molecule has 2 N–H and O–H groups in total. The van der Waals surface area contributed by atoms with Gasteiger partial charge in [0.15, 0.2) is 0 Å². The minimum absolute atomic E-state index is 0.134. The zero-order valence-electron chi connectivity index (χ0n) is 11.8. The van der Waals surface area contributed by atoms with Crippen LogP contribution < -0.4 is 10.6 Å². The van der Waals surface area contributed by atoms with E-state index in [1.165, 1.54) is 0 Å². The highest BCUT2D eigenvalue weighted by Crippen LogP contribution is 2.15. The van der Waals surface area contributed by atoms with E-state index in [2.05, 4.69) is 15.6 Å². The molecule has 1 heterocycles. The number of hydrogen-bond donors (Lipinski definition) is 2. The van der Waals surface area contributed by atoms with Crippen molar-refractivity contribution in [1.82, 2.24) is 10.3 Å². The van der Waals surface area contributed by atoms with Crippen LogP contribution in [0, 0.1) is 0 Å². The summed E-state index contributed by atoms with van der Waals surface area (Å²) in [4.78, 5) is 16.1. The first-order valence-corrected chi connectivity index (χ1v) is 6.78. The van der Waals surface area contributed by atoms with Gasteiger partial charge in [-0.05, 0) is 37.6 Å². The van der Waals surface area contributed by atoms with E-state index in [1.807, 2.05) is 50.2 Å². The van der Waals surface area contributed by atoms with E-state index in [0.717, 1.165) is 17.8 Å². The average Bonchev–Trinajstić information content (AvgIpc) is 2.49. The second kappa shape index (κ2) is 6.70. The minimum Gasteiger partial charge on any atom is -0.354 e. The molecule has 1 aromatic heterocycles. The normalized spacial score (nSPS) is 11.7. The zero-order valence-corrected chi connectivity index (χ0v) is 11.8. The van der Waals surface area contributed by atoms with Crippen molar-refractivity contribution >= 4 is 17.3 Å². The molecule has 1 unspecified atom stereocenters.